The number of esters is 2. The van der Waals surface area contributed by atoms with E-state index >= 15 is 0 Å². The Labute approximate surface area is 155 Å². The van der Waals surface area contributed by atoms with Gasteiger partial charge in [-0.05, 0) is 26.7 Å². The zero-order chi connectivity index (χ0) is 19.0. The van der Waals surface area contributed by atoms with Crippen LogP contribution < -0.4 is 0 Å². The zero-order valence-electron chi connectivity index (χ0n) is 17.0. The summed E-state index contributed by atoms with van der Waals surface area (Å²) in [5.74, 6) is -0.973. The first-order chi connectivity index (χ1) is 12.0. The summed E-state index contributed by atoms with van der Waals surface area (Å²) in [6.45, 7) is 8.17. The Morgan fingerprint density at radius 3 is 1.40 bits per heavy atom. The van der Waals surface area contributed by atoms with Gasteiger partial charge in [0.2, 0.25) is 0 Å². The lowest BCUT2D eigenvalue weighted by atomic mass is 9.94. The minimum absolute atomic E-state index is 0.366. The van der Waals surface area contributed by atoms with Crippen molar-refractivity contribution < 1.29 is 19.1 Å². The van der Waals surface area contributed by atoms with Gasteiger partial charge in [0.1, 0.15) is 0 Å². The SMILES string of the molecule is CCCCCCCCCCCCOC(=O)C(C)(C)C(=O)OCCCC. The number of hydrogen-bond acceptors (Lipinski definition) is 4. The maximum Gasteiger partial charge on any atom is 0.322 e. The molecule has 0 aromatic heterocycles. The van der Waals surface area contributed by atoms with E-state index in [4.69, 9.17) is 9.47 Å². The van der Waals surface area contributed by atoms with Crippen molar-refractivity contribution >= 4 is 11.9 Å². The third kappa shape index (κ3) is 12.0. The molecule has 0 saturated carbocycles. The zero-order valence-corrected chi connectivity index (χ0v) is 17.0. The highest BCUT2D eigenvalue weighted by molar-refractivity contribution is 5.99. The van der Waals surface area contributed by atoms with E-state index in [0.717, 1.165) is 25.7 Å². The van der Waals surface area contributed by atoms with Crippen molar-refractivity contribution in [3.05, 3.63) is 0 Å². The summed E-state index contributed by atoms with van der Waals surface area (Å²) in [4.78, 5) is 24.0. The molecule has 0 aromatic carbocycles. The van der Waals surface area contributed by atoms with Gasteiger partial charge in [0, 0.05) is 0 Å². The molecule has 148 valence electrons. The second kappa shape index (κ2) is 15.2. The number of hydrogen-bond donors (Lipinski definition) is 0. The molecule has 0 aliphatic heterocycles. The molecule has 0 bridgehead atoms. The largest absolute Gasteiger partial charge is 0.465 e. The lowest BCUT2D eigenvalue weighted by Crippen LogP contribution is -2.37. The molecule has 0 atom stereocenters. The average Bonchev–Trinajstić information content (AvgIpc) is 2.59. The Morgan fingerprint density at radius 1 is 0.600 bits per heavy atom. The lowest BCUT2D eigenvalue weighted by Gasteiger charge is -2.20. The Hall–Kier alpha value is -1.06. The van der Waals surface area contributed by atoms with Gasteiger partial charge in [0.05, 0.1) is 13.2 Å². The van der Waals surface area contributed by atoms with Crippen LogP contribution in [0.1, 0.15) is 105 Å². The summed E-state index contributed by atoms with van der Waals surface area (Å²) in [5, 5.41) is 0. The summed E-state index contributed by atoms with van der Waals surface area (Å²) < 4.78 is 10.4. The standard InChI is InChI=1S/C21H40O4/c1-5-7-9-10-11-12-13-14-15-16-18-25-20(23)21(3,4)19(22)24-17-8-6-2/h5-18H2,1-4H3. The van der Waals surface area contributed by atoms with Crippen molar-refractivity contribution in [2.45, 2.75) is 105 Å². The van der Waals surface area contributed by atoms with Gasteiger partial charge in [-0.15, -0.1) is 0 Å². The highest BCUT2D eigenvalue weighted by Gasteiger charge is 2.39. The second-order valence-electron chi connectivity index (χ2n) is 7.43. The van der Waals surface area contributed by atoms with Crippen LogP contribution in [0, 0.1) is 5.41 Å². The number of carbonyl (C=O) groups is 2. The highest BCUT2D eigenvalue weighted by Crippen LogP contribution is 2.20. The molecule has 0 spiro atoms. The second-order valence-corrected chi connectivity index (χ2v) is 7.43. The van der Waals surface area contributed by atoms with Crippen LogP contribution >= 0.6 is 0 Å². The van der Waals surface area contributed by atoms with Gasteiger partial charge in [-0.3, -0.25) is 9.59 Å². The molecule has 0 heterocycles. The Morgan fingerprint density at radius 2 is 0.960 bits per heavy atom. The van der Waals surface area contributed by atoms with Crippen LogP contribution in [0.25, 0.3) is 0 Å². The lowest BCUT2D eigenvalue weighted by molar-refractivity contribution is -0.169. The first-order valence-corrected chi connectivity index (χ1v) is 10.3. The molecule has 0 radical (unpaired) electrons. The Balaban J connectivity index is 3.66. The fraction of sp³-hybridized carbons (Fsp3) is 0.905. The molecule has 4 nitrogen and oxygen atoms in total. The molecule has 0 amide bonds. The van der Waals surface area contributed by atoms with Crippen molar-refractivity contribution in [3.63, 3.8) is 0 Å². The number of unbranched alkanes of at least 4 members (excludes halogenated alkanes) is 10. The first kappa shape index (κ1) is 23.9. The molecule has 4 heteroatoms. The summed E-state index contributed by atoms with van der Waals surface area (Å²) in [5.41, 5.74) is -1.22. The van der Waals surface area contributed by atoms with Gasteiger partial charge in [0.25, 0.3) is 0 Å². The van der Waals surface area contributed by atoms with Crippen molar-refractivity contribution in [3.8, 4) is 0 Å². The molecule has 0 aliphatic rings. The van der Waals surface area contributed by atoms with Crippen LogP contribution in [-0.2, 0) is 19.1 Å². The number of ether oxygens (including phenoxy) is 2. The first-order valence-electron chi connectivity index (χ1n) is 10.3. The maximum atomic E-state index is 12.1. The van der Waals surface area contributed by atoms with Gasteiger partial charge in [-0.2, -0.15) is 0 Å². The smallest absolute Gasteiger partial charge is 0.322 e. The van der Waals surface area contributed by atoms with E-state index in [-0.39, 0.29) is 0 Å². The molecule has 0 aromatic rings. The van der Waals surface area contributed by atoms with Crippen molar-refractivity contribution in [1.82, 2.24) is 0 Å². The van der Waals surface area contributed by atoms with E-state index in [1.807, 2.05) is 6.92 Å². The molecule has 0 N–H and O–H groups in total. The molecular weight excluding hydrogens is 316 g/mol. The van der Waals surface area contributed by atoms with Crippen molar-refractivity contribution in [1.29, 1.82) is 0 Å². The van der Waals surface area contributed by atoms with Crippen LogP contribution in [0.15, 0.2) is 0 Å². The third-order valence-electron chi connectivity index (χ3n) is 4.48. The normalized spacial score (nSPS) is 11.4. The van der Waals surface area contributed by atoms with Crippen molar-refractivity contribution in [2.24, 2.45) is 5.41 Å². The number of carbonyl (C=O) groups excluding carboxylic acids is 2. The van der Waals surface area contributed by atoms with Gasteiger partial charge in [0.15, 0.2) is 5.41 Å². The van der Waals surface area contributed by atoms with E-state index in [0.29, 0.717) is 13.2 Å². The van der Waals surface area contributed by atoms with E-state index in [2.05, 4.69) is 6.92 Å². The topological polar surface area (TPSA) is 52.6 Å². The minimum Gasteiger partial charge on any atom is -0.465 e. The summed E-state index contributed by atoms with van der Waals surface area (Å²) in [7, 11) is 0. The summed E-state index contributed by atoms with van der Waals surface area (Å²) in [6.07, 6.45) is 14.2. The predicted molar refractivity (Wildman–Crippen MR) is 102 cm³/mol. The quantitative estimate of drug-likeness (QED) is 0.199. The molecule has 0 saturated heterocycles. The van der Waals surface area contributed by atoms with Gasteiger partial charge in [-0.1, -0.05) is 78.1 Å². The molecule has 0 aliphatic carbocycles. The highest BCUT2D eigenvalue weighted by atomic mass is 16.6. The van der Waals surface area contributed by atoms with Crippen LogP contribution in [0.4, 0.5) is 0 Å². The van der Waals surface area contributed by atoms with Gasteiger partial charge in [-0.25, -0.2) is 0 Å². The fourth-order valence-electron chi connectivity index (χ4n) is 2.51. The van der Waals surface area contributed by atoms with Crippen LogP contribution in [-0.4, -0.2) is 25.2 Å². The van der Waals surface area contributed by atoms with Crippen molar-refractivity contribution in [2.75, 3.05) is 13.2 Å². The van der Waals surface area contributed by atoms with Crippen LogP contribution in [0.2, 0.25) is 0 Å². The minimum atomic E-state index is -1.22. The Bertz CT molecular complexity index is 350. The average molecular weight is 357 g/mol. The van der Waals surface area contributed by atoms with Gasteiger partial charge < -0.3 is 9.47 Å². The fourth-order valence-corrected chi connectivity index (χ4v) is 2.51. The monoisotopic (exact) mass is 356 g/mol. The molecule has 0 rings (SSSR count). The molecule has 25 heavy (non-hydrogen) atoms. The van der Waals surface area contributed by atoms with Gasteiger partial charge >= 0.3 is 11.9 Å². The van der Waals surface area contributed by atoms with E-state index in [9.17, 15) is 9.59 Å². The van der Waals surface area contributed by atoms with E-state index in [1.54, 1.807) is 13.8 Å². The number of rotatable bonds is 16. The molecule has 0 unspecified atom stereocenters. The maximum absolute atomic E-state index is 12.1. The molecule has 0 fully saturated rings. The summed E-state index contributed by atoms with van der Waals surface area (Å²) in [6, 6.07) is 0. The predicted octanol–water partition coefficient (Wildman–Crippen LogP) is 5.82. The van der Waals surface area contributed by atoms with Crippen LogP contribution in [0.5, 0.6) is 0 Å². The van der Waals surface area contributed by atoms with Crippen LogP contribution in [0.3, 0.4) is 0 Å². The summed E-state index contributed by atoms with van der Waals surface area (Å²) >= 11 is 0. The van der Waals surface area contributed by atoms with E-state index < -0.39 is 17.4 Å². The van der Waals surface area contributed by atoms with E-state index in [1.165, 1.54) is 51.4 Å². The molecular formula is C21H40O4. The Kier molecular flexibility index (Phi) is 14.6. The third-order valence-corrected chi connectivity index (χ3v) is 4.48.